The molecule has 0 spiro atoms. The quantitative estimate of drug-likeness (QED) is 0.800. The first kappa shape index (κ1) is 12.5. The van der Waals surface area contributed by atoms with Gasteiger partial charge in [0.1, 0.15) is 0 Å². The maximum atomic E-state index is 3.71. The largest absolute Gasteiger partial charge is 0.382 e. The van der Waals surface area contributed by atoms with E-state index < -0.39 is 0 Å². The fourth-order valence-electron chi connectivity index (χ4n) is 2.93. The van der Waals surface area contributed by atoms with Crippen LogP contribution in [0, 0.1) is 18.8 Å². The average Bonchev–Trinajstić information content (AvgIpc) is 2.29. The average molecular weight is 231 g/mol. The fourth-order valence-corrected chi connectivity index (χ4v) is 2.93. The Kier molecular flexibility index (Phi) is 4.09. The molecule has 0 aliphatic heterocycles. The van der Waals surface area contributed by atoms with E-state index in [1.165, 1.54) is 36.9 Å². The lowest BCUT2D eigenvalue weighted by Crippen LogP contribution is -2.29. The second kappa shape index (κ2) is 5.57. The highest BCUT2D eigenvalue weighted by atomic mass is 14.9. The number of aryl methyl sites for hydroxylation is 1. The van der Waals surface area contributed by atoms with Crippen LogP contribution in [0.2, 0.25) is 0 Å². The molecule has 1 aliphatic rings. The van der Waals surface area contributed by atoms with Gasteiger partial charge < -0.3 is 5.32 Å². The molecule has 1 aromatic rings. The van der Waals surface area contributed by atoms with E-state index in [-0.39, 0.29) is 0 Å². The van der Waals surface area contributed by atoms with Crippen molar-refractivity contribution >= 4 is 5.69 Å². The SMILES string of the molecule is Cc1cccc(NC2CCCC(C(C)C)C2)c1. The Labute approximate surface area is 106 Å². The molecule has 2 unspecified atom stereocenters. The molecule has 2 rings (SSSR count). The van der Waals surface area contributed by atoms with Gasteiger partial charge in [0.25, 0.3) is 0 Å². The molecule has 0 heterocycles. The maximum Gasteiger partial charge on any atom is 0.0344 e. The molecule has 1 aliphatic carbocycles. The summed E-state index contributed by atoms with van der Waals surface area (Å²) in [6, 6.07) is 9.41. The molecule has 94 valence electrons. The van der Waals surface area contributed by atoms with Gasteiger partial charge in [-0.1, -0.05) is 38.8 Å². The van der Waals surface area contributed by atoms with Gasteiger partial charge in [0, 0.05) is 11.7 Å². The lowest BCUT2D eigenvalue weighted by molar-refractivity contribution is 0.264. The van der Waals surface area contributed by atoms with Crippen LogP contribution in [0.4, 0.5) is 5.69 Å². The van der Waals surface area contributed by atoms with E-state index in [0.717, 1.165) is 11.8 Å². The lowest BCUT2D eigenvalue weighted by atomic mass is 9.79. The summed E-state index contributed by atoms with van der Waals surface area (Å²) in [5.74, 6) is 1.74. The van der Waals surface area contributed by atoms with Crippen LogP contribution in [0.25, 0.3) is 0 Å². The van der Waals surface area contributed by atoms with E-state index in [4.69, 9.17) is 0 Å². The smallest absolute Gasteiger partial charge is 0.0344 e. The summed E-state index contributed by atoms with van der Waals surface area (Å²) >= 11 is 0. The van der Waals surface area contributed by atoms with Crippen molar-refractivity contribution in [2.45, 2.75) is 52.5 Å². The van der Waals surface area contributed by atoms with Gasteiger partial charge in [-0.3, -0.25) is 0 Å². The first-order chi connectivity index (χ1) is 8.15. The highest BCUT2D eigenvalue weighted by Crippen LogP contribution is 2.31. The molecule has 2 atom stereocenters. The molecule has 17 heavy (non-hydrogen) atoms. The number of hydrogen-bond donors (Lipinski definition) is 1. The predicted octanol–water partition coefficient (Wildman–Crippen LogP) is 4.62. The molecule has 1 saturated carbocycles. The van der Waals surface area contributed by atoms with Crippen molar-refractivity contribution in [3.8, 4) is 0 Å². The van der Waals surface area contributed by atoms with Gasteiger partial charge in [-0.15, -0.1) is 0 Å². The Balaban J connectivity index is 1.94. The van der Waals surface area contributed by atoms with Crippen LogP contribution < -0.4 is 5.32 Å². The molecule has 1 fully saturated rings. The standard InChI is InChI=1S/C16H25N/c1-12(2)14-7-5-9-16(11-14)17-15-8-4-6-13(3)10-15/h4,6,8,10,12,14,16-17H,5,7,9,11H2,1-3H3. The van der Waals surface area contributed by atoms with Crippen molar-refractivity contribution in [2.75, 3.05) is 5.32 Å². The van der Waals surface area contributed by atoms with Gasteiger partial charge >= 0.3 is 0 Å². The molecule has 0 aromatic heterocycles. The zero-order chi connectivity index (χ0) is 12.3. The molecule has 0 saturated heterocycles. The second-order valence-corrected chi connectivity index (χ2v) is 5.88. The number of benzene rings is 1. The molecule has 1 heteroatoms. The van der Waals surface area contributed by atoms with Crippen LogP contribution >= 0.6 is 0 Å². The van der Waals surface area contributed by atoms with E-state index in [0.29, 0.717) is 6.04 Å². The molecular formula is C16H25N. The van der Waals surface area contributed by atoms with Gasteiger partial charge in [-0.2, -0.15) is 0 Å². The summed E-state index contributed by atoms with van der Waals surface area (Å²) in [7, 11) is 0. The zero-order valence-electron chi connectivity index (χ0n) is 11.4. The van der Waals surface area contributed by atoms with Crippen molar-refractivity contribution in [1.29, 1.82) is 0 Å². The predicted molar refractivity (Wildman–Crippen MR) is 75.4 cm³/mol. The van der Waals surface area contributed by atoms with Crippen molar-refractivity contribution in [3.63, 3.8) is 0 Å². The summed E-state index contributed by atoms with van der Waals surface area (Å²) in [5.41, 5.74) is 2.63. The lowest BCUT2D eigenvalue weighted by Gasteiger charge is -2.32. The third-order valence-electron chi connectivity index (χ3n) is 4.05. The van der Waals surface area contributed by atoms with Gasteiger partial charge in [0.2, 0.25) is 0 Å². The van der Waals surface area contributed by atoms with Crippen molar-refractivity contribution in [3.05, 3.63) is 29.8 Å². The van der Waals surface area contributed by atoms with Crippen LogP contribution in [-0.4, -0.2) is 6.04 Å². The third-order valence-corrected chi connectivity index (χ3v) is 4.05. The molecular weight excluding hydrogens is 206 g/mol. The number of nitrogens with one attached hydrogen (secondary N) is 1. The van der Waals surface area contributed by atoms with Gasteiger partial charge in [-0.05, 0) is 49.3 Å². The van der Waals surface area contributed by atoms with Crippen LogP contribution in [0.5, 0.6) is 0 Å². The van der Waals surface area contributed by atoms with E-state index in [1.807, 2.05) is 0 Å². The molecule has 1 aromatic carbocycles. The van der Waals surface area contributed by atoms with Gasteiger partial charge in [0.15, 0.2) is 0 Å². The maximum absolute atomic E-state index is 3.71. The highest BCUT2D eigenvalue weighted by Gasteiger charge is 2.23. The summed E-state index contributed by atoms with van der Waals surface area (Å²) in [6.45, 7) is 6.88. The Morgan fingerprint density at radius 3 is 2.76 bits per heavy atom. The molecule has 0 amide bonds. The number of anilines is 1. The van der Waals surface area contributed by atoms with E-state index in [2.05, 4.69) is 50.4 Å². The Hall–Kier alpha value is -0.980. The third kappa shape index (κ3) is 3.49. The van der Waals surface area contributed by atoms with Crippen LogP contribution in [-0.2, 0) is 0 Å². The zero-order valence-corrected chi connectivity index (χ0v) is 11.4. The molecule has 0 bridgehead atoms. The summed E-state index contributed by atoms with van der Waals surface area (Å²) in [5, 5.41) is 3.71. The summed E-state index contributed by atoms with van der Waals surface area (Å²) in [6.07, 6.45) is 5.47. The van der Waals surface area contributed by atoms with Crippen molar-refractivity contribution < 1.29 is 0 Å². The second-order valence-electron chi connectivity index (χ2n) is 5.88. The highest BCUT2D eigenvalue weighted by molar-refractivity contribution is 5.46. The first-order valence-electron chi connectivity index (χ1n) is 6.98. The molecule has 1 N–H and O–H groups in total. The minimum atomic E-state index is 0.679. The molecule has 0 radical (unpaired) electrons. The van der Waals surface area contributed by atoms with Crippen molar-refractivity contribution in [1.82, 2.24) is 0 Å². The minimum absolute atomic E-state index is 0.679. The van der Waals surface area contributed by atoms with E-state index >= 15 is 0 Å². The Morgan fingerprint density at radius 2 is 2.06 bits per heavy atom. The van der Waals surface area contributed by atoms with Gasteiger partial charge in [-0.25, -0.2) is 0 Å². The van der Waals surface area contributed by atoms with Crippen LogP contribution in [0.3, 0.4) is 0 Å². The van der Waals surface area contributed by atoms with Crippen LogP contribution in [0.1, 0.15) is 45.1 Å². The normalized spacial score (nSPS) is 24.9. The van der Waals surface area contributed by atoms with Crippen LogP contribution in [0.15, 0.2) is 24.3 Å². The Bertz CT molecular complexity index is 356. The monoisotopic (exact) mass is 231 g/mol. The minimum Gasteiger partial charge on any atom is -0.382 e. The van der Waals surface area contributed by atoms with E-state index in [1.54, 1.807) is 0 Å². The fraction of sp³-hybridized carbons (Fsp3) is 0.625. The summed E-state index contributed by atoms with van der Waals surface area (Å²) in [4.78, 5) is 0. The first-order valence-corrected chi connectivity index (χ1v) is 6.98. The molecule has 1 nitrogen and oxygen atoms in total. The number of rotatable bonds is 3. The summed E-state index contributed by atoms with van der Waals surface area (Å²) < 4.78 is 0. The Morgan fingerprint density at radius 1 is 1.24 bits per heavy atom. The topological polar surface area (TPSA) is 12.0 Å². The van der Waals surface area contributed by atoms with Crippen molar-refractivity contribution in [2.24, 2.45) is 11.8 Å². The van der Waals surface area contributed by atoms with Gasteiger partial charge in [0.05, 0.1) is 0 Å². The van der Waals surface area contributed by atoms with E-state index in [9.17, 15) is 0 Å². The number of hydrogen-bond acceptors (Lipinski definition) is 1.